The van der Waals surface area contributed by atoms with Crippen LogP contribution in [-0.4, -0.2) is 44.2 Å². The Hall–Kier alpha value is -2.10. The van der Waals surface area contributed by atoms with Crippen LogP contribution in [0.5, 0.6) is 0 Å². The number of rotatable bonds is 8. The van der Waals surface area contributed by atoms with Crippen molar-refractivity contribution in [1.29, 1.82) is 5.26 Å². The summed E-state index contributed by atoms with van der Waals surface area (Å²) in [6.07, 6.45) is 0.388. The van der Waals surface area contributed by atoms with E-state index >= 15 is 0 Å². The van der Waals surface area contributed by atoms with Gasteiger partial charge in [0.1, 0.15) is 0 Å². The molecular formula is C14H20N4O2. The van der Waals surface area contributed by atoms with Crippen LogP contribution >= 0.6 is 0 Å². The van der Waals surface area contributed by atoms with Crippen LogP contribution in [0.15, 0.2) is 24.3 Å². The van der Waals surface area contributed by atoms with Gasteiger partial charge < -0.3 is 15.8 Å². The summed E-state index contributed by atoms with van der Waals surface area (Å²) in [5, 5.41) is 11.4. The van der Waals surface area contributed by atoms with Crippen LogP contribution in [0, 0.1) is 11.3 Å². The standard InChI is InChI=1S/C14H20N4O2/c1-20-10-9-18(8-2-7-15)11-14(19)17-13-5-3-12(16)4-6-13/h3-6H,2,8-11,16H2,1H3,(H,17,19). The lowest BCUT2D eigenvalue weighted by Crippen LogP contribution is -2.36. The molecule has 0 saturated heterocycles. The molecule has 0 aliphatic rings. The van der Waals surface area contributed by atoms with E-state index in [1.807, 2.05) is 4.90 Å². The molecule has 1 aromatic rings. The fourth-order valence-corrected chi connectivity index (χ4v) is 1.67. The van der Waals surface area contributed by atoms with Crippen LogP contribution in [0.4, 0.5) is 11.4 Å². The molecule has 0 spiro atoms. The number of nitrogen functional groups attached to an aromatic ring is 1. The number of ether oxygens (including phenoxy) is 1. The molecule has 0 unspecified atom stereocenters. The van der Waals surface area contributed by atoms with Crippen molar-refractivity contribution in [2.75, 3.05) is 44.4 Å². The summed E-state index contributed by atoms with van der Waals surface area (Å²) < 4.78 is 5.00. The quantitative estimate of drug-likeness (QED) is 0.693. The van der Waals surface area contributed by atoms with E-state index in [1.54, 1.807) is 31.4 Å². The Morgan fingerprint density at radius 1 is 1.40 bits per heavy atom. The molecule has 1 rings (SSSR count). The number of carbonyl (C=O) groups is 1. The van der Waals surface area contributed by atoms with Gasteiger partial charge in [-0.1, -0.05) is 0 Å². The van der Waals surface area contributed by atoms with E-state index in [9.17, 15) is 4.79 Å². The summed E-state index contributed by atoms with van der Waals surface area (Å²) in [5.41, 5.74) is 6.94. The molecule has 3 N–H and O–H groups in total. The molecule has 0 aliphatic carbocycles. The minimum atomic E-state index is -0.121. The van der Waals surface area contributed by atoms with Gasteiger partial charge in [-0.05, 0) is 24.3 Å². The Balaban J connectivity index is 2.47. The van der Waals surface area contributed by atoms with E-state index in [4.69, 9.17) is 15.7 Å². The Kier molecular flexibility index (Phi) is 7.11. The van der Waals surface area contributed by atoms with Gasteiger partial charge in [0.2, 0.25) is 5.91 Å². The van der Waals surface area contributed by atoms with Crippen LogP contribution in [-0.2, 0) is 9.53 Å². The molecule has 20 heavy (non-hydrogen) atoms. The highest BCUT2D eigenvalue weighted by Gasteiger charge is 2.10. The lowest BCUT2D eigenvalue weighted by Gasteiger charge is -2.20. The summed E-state index contributed by atoms with van der Waals surface area (Å²) in [5.74, 6) is -0.121. The number of nitrogens with two attached hydrogens (primary N) is 1. The summed E-state index contributed by atoms with van der Waals surface area (Å²) in [4.78, 5) is 13.8. The maximum Gasteiger partial charge on any atom is 0.238 e. The molecule has 0 saturated carbocycles. The van der Waals surface area contributed by atoms with E-state index in [1.165, 1.54) is 0 Å². The summed E-state index contributed by atoms with van der Waals surface area (Å²) in [6, 6.07) is 9.04. The topological polar surface area (TPSA) is 91.4 Å². The van der Waals surface area contributed by atoms with Gasteiger partial charge in [-0.15, -0.1) is 0 Å². The third kappa shape index (κ3) is 6.18. The second-order valence-electron chi connectivity index (χ2n) is 4.35. The van der Waals surface area contributed by atoms with Gasteiger partial charge >= 0.3 is 0 Å². The van der Waals surface area contributed by atoms with E-state index < -0.39 is 0 Å². The van der Waals surface area contributed by atoms with Crippen molar-refractivity contribution in [2.45, 2.75) is 6.42 Å². The minimum absolute atomic E-state index is 0.121. The van der Waals surface area contributed by atoms with Gasteiger partial charge in [-0.3, -0.25) is 9.69 Å². The van der Waals surface area contributed by atoms with Crippen LogP contribution in [0.2, 0.25) is 0 Å². The lowest BCUT2D eigenvalue weighted by molar-refractivity contribution is -0.117. The number of nitrogens with zero attached hydrogens (tertiary/aromatic N) is 2. The highest BCUT2D eigenvalue weighted by atomic mass is 16.5. The van der Waals surface area contributed by atoms with Crippen molar-refractivity contribution in [1.82, 2.24) is 4.90 Å². The van der Waals surface area contributed by atoms with Crippen molar-refractivity contribution in [3.8, 4) is 6.07 Å². The molecule has 0 radical (unpaired) electrons. The third-order valence-electron chi connectivity index (χ3n) is 2.71. The molecule has 0 atom stereocenters. The van der Waals surface area contributed by atoms with Crippen LogP contribution < -0.4 is 11.1 Å². The molecule has 0 fully saturated rings. The number of benzene rings is 1. The van der Waals surface area contributed by atoms with Gasteiger partial charge in [0.15, 0.2) is 0 Å². The number of anilines is 2. The number of methoxy groups -OCH3 is 1. The number of hydrogen-bond donors (Lipinski definition) is 2. The molecule has 1 amide bonds. The zero-order chi connectivity index (χ0) is 14.8. The summed E-state index contributed by atoms with van der Waals surface area (Å²) in [6.45, 7) is 1.93. The maximum absolute atomic E-state index is 11.9. The number of carbonyl (C=O) groups excluding carboxylic acids is 1. The summed E-state index contributed by atoms with van der Waals surface area (Å²) in [7, 11) is 1.61. The monoisotopic (exact) mass is 276 g/mol. The SMILES string of the molecule is COCCN(CCC#N)CC(=O)Nc1ccc(N)cc1. The second-order valence-corrected chi connectivity index (χ2v) is 4.35. The zero-order valence-electron chi connectivity index (χ0n) is 11.6. The Labute approximate surface area is 119 Å². The van der Waals surface area contributed by atoms with Crippen LogP contribution in [0.25, 0.3) is 0 Å². The van der Waals surface area contributed by atoms with Crippen molar-refractivity contribution < 1.29 is 9.53 Å². The third-order valence-corrected chi connectivity index (χ3v) is 2.71. The Bertz CT molecular complexity index is 453. The molecule has 6 heteroatoms. The summed E-state index contributed by atoms with van der Waals surface area (Å²) >= 11 is 0. The Morgan fingerprint density at radius 2 is 2.10 bits per heavy atom. The van der Waals surface area contributed by atoms with Gasteiger partial charge in [-0.25, -0.2) is 0 Å². The predicted molar refractivity (Wildman–Crippen MR) is 78.0 cm³/mol. The first-order valence-electron chi connectivity index (χ1n) is 6.39. The van der Waals surface area contributed by atoms with Gasteiger partial charge in [0.05, 0.1) is 19.2 Å². The largest absolute Gasteiger partial charge is 0.399 e. The molecule has 6 nitrogen and oxygen atoms in total. The molecule has 0 bridgehead atoms. The van der Waals surface area contributed by atoms with Crippen molar-refractivity contribution >= 4 is 17.3 Å². The smallest absolute Gasteiger partial charge is 0.238 e. The molecule has 0 heterocycles. The fourth-order valence-electron chi connectivity index (χ4n) is 1.67. The molecule has 108 valence electrons. The van der Waals surface area contributed by atoms with Crippen molar-refractivity contribution in [3.05, 3.63) is 24.3 Å². The van der Waals surface area contributed by atoms with Crippen LogP contribution in [0.1, 0.15) is 6.42 Å². The van der Waals surface area contributed by atoms with E-state index in [-0.39, 0.29) is 12.5 Å². The van der Waals surface area contributed by atoms with Gasteiger partial charge in [-0.2, -0.15) is 5.26 Å². The van der Waals surface area contributed by atoms with Crippen molar-refractivity contribution in [2.24, 2.45) is 0 Å². The molecular weight excluding hydrogens is 256 g/mol. The van der Waals surface area contributed by atoms with E-state index in [0.717, 1.165) is 0 Å². The number of amides is 1. The number of hydrogen-bond acceptors (Lipinski definition) is 5. The van der Waals surface area contributed by atoms with E-state index in [0.29, 0.717) is 37.5 Å². The second kappa shape index (κ2) is 8.91. The van der Waals surface area contributed by atoms with Crippen molar-refractivity contribution in [3.63, 3.8) is 0 Å². The predicted octanol–water partition coefficient (Wildman–Crippen LogP) is 1.07. The van der Waals surface area contributed by atoms with Crippen LogP contribution in [0.3, 0.4) is 0 Å². The first kappa shape index (κ1) is 16.0. The molecule has 0 aliphatic heterocycles. The zero-order valence-corrected chi connectivity index (χ0v) is 11.6. The normalized spacial score (nSPS) is 10.2. The first-order chi connectivity index (χ1) is 9.65. The van der Waals surface area contributed by atoms with E-state index in [2.05, 4.69) is 11.4 Å². The fraction of sp³-hybridized carbons (Fsp3) is 0.429. The highest BCUT2D eigenvalue weighted by Crippen LogP contribution is 2.10. The minimum Gasteiger partial charge on any atom is -0.399 e. The van der Waals surface area contributed by atoms with Gasteiger partial charge in [0.25, 0.3) is 0 Å². The first-order valence-corrected chi connectivity index (χ1v) is 6.39. The average molecular weight is 276 g/mol. The Morgan fingerprint density at radius 3 is 2.70 bits per heavy atom. The maximum atomic E-state index is 11.9. The average Bonchev–Trinajstić information content (AvgIpc) is 2.44. The van der Waals surface area contributed by atoms with Gasteiger partial charge in [0, 0.05) is 38.0 Å². The highest BCUT2D eigenvalue weighted by molar-refractivity contribution is 5.92. The molecule has 1 aromatic carbocycles. The lowest BCUT2D eigenvalue weighted by atomic mass is 10.3. The number of nitrogens with one attached hydrogen (secondary N) is 1. The number of nitriles is 1. The molecule has 0 aromatic heterocycles.